The molecule has 0 saturated carbocycles. The number of nitrogens with two attached hydrogens (primary N) is 1. The molecular formula is C13H20FNS. The van der Waals surface area contributed by atoms with Crippen molar-refractivity contribution in [1.82, 2.24) is 0 Å². The summed E-state index contributed by atoms with van der Waals surface area (Å²) < 4.78 is 13.1. The summed E-state index contributed by atoms with van der Waals surface area (Å²) in [5, 5.41) is 0. The van der Waals surface area contributed by atoms with Crippen LogP contribution in [0.1, 0.15) is 37.3 Å². The predicted octanol–water partition coefficient (Wildman–Crippen LogP) is 3.71. The maximum Gasteiger partial charge on any atom is 0.123 e. The zero-order valence-electron chi connectivity index (χ0n) is 9.84. The molecule has 0 aliphatic carbocycles. The van der Waals surface area contributed by atoms with Crippen molar-refractivity contribution < 1.29 is 4.39 Å². The number of unbranched alkanes of at least 4 members (excludes halogenated alkanes) is 2. The van der Waals surface area contributed by atoms with Crippen LogP contribution < -0.4 is 5.73 Å². The zero-order chi connectivity index (χ0) is 11.8. The molecule has 0 unspecified atom stereocenters. The molecule has 0 bridgehead atoms. The van der Waals surface area contributed by atoms with Crippen molar-refractivity contribution in [3.63, 3.8) is 0 Å². The summed E-state index contributed by atoms with van der Waals surface area (Å²) in [4.78, 5) is 0. The standard InChI is InChI=1S/C13H20FNS/c1-2-3-4-7-16-10-12-8-13(14)6-5-11(12)9-15/h5-6,8H,2-4,7,9-10,15H2,1H3. The van der Waals surface area contributed by atoms with E-state index in [1.54, 1.807) is 12.1 Å². The minimum atomic E-state index is -0.165. The van der Waals surface area contributed by atoms with Gasteiger partial charge in [0.05, 0.1) is 0 Å². The largest absolute Gasteiger partial charge is 0.326 e. The average molecular weight is 241 g/mol. The Labute approximate surface area is 102 Å². The van der Waals surface area contributed by atoms with Gasteiger partial charge in [0.25, 0.3) is 0 Å². The minimum Gasteiger partial charge on any atom is -0.326 e. The Hall–Kier alpha value is -0.540. The van der Waals surface area contributed by atoms with Gasteiger partial charge in [-0.3, -0.25) is 0 Å². The second-order valence-corrected chi connectivity index (χ2v) is 4.98. The lowest BCUT2D eigenvalue weighted by molar-refractivity contribution is 0.625. The van der Waals surface area contributed by atoms with Gasteiger partial charge in [0.2, 0.25) is 0 Å². The normalized spacial score (nSPS) is 10.7. The number of rotatable bonds is 7. The van der Waals surface area contributed by atoms with Gasteiger partial charge in [0.15, 0.2) is 0 Å². The topological polar surface area (TPSA) is 26.0 Å². The summed E-state index contributed by atoms with van der Waals surface area (Å²) in [6, 6.07) is 4.87. The van der Waals surface area contributed by atoms with Crippen molar-refractivity contribution >= 4 is 11.8 Å². The lowest BCUT2D eigenvalue weighted by Gasteiger charge is -2.07. The molecule has 0 fully saturated rings. The van der Waals surface area contributed by atoms with Gasteiger partial charge in [-0.15, -0.1) is 0 Å². The molecule has 0 radical (unpaired) electrons. The van der Waals surface area contributed by atoms with E-state index < -0.39 is 0 Å². The second kappa shape index (κ2) is 7.69. The SMILES string of the molecule is CCCCCSCc1cc(F)ccc1CN. The summed E-state index contributed by atoms with van der Waals surface area (Å²) >= 11 is 1.86. The number of benzene rings is 1. The molecule has 1 rings (SSSR count). The number of thioether (sulfide) groups is 1. The molecule has 1 aromatic carbocycles. The zero-order valence-corrected chi connectivity index (χ0v) is 10.7. The van der Waals surface area contributed by atoms with Crippen LogP contribution in [-0.2, 0) is 12.3 Å². The van der Waals surface area contributed by atoms with E-state index in [9.17, 15) is 4.39 Å². The molecule has 1 nitrogen and oxygen atoms in total. The van der Waals surface area contributed by atoms with Gasteiger partial charge >= 0.3 is 0 Å². The molecule has 0 saturated heterocycles. The summed E-state index contributed by atoms with van der Waals surface area (Å²) in [6.07, 6.45) is 3.77. The fourth-order valence-electron chi connectivity index (χ4n) is 1.56. The van der Waals surface area contributed by atoms with Crippen LogP contribution in [0, 0.1) is 5.82 Å². The van der Waals surface area contributed by atoms with Gasteiger partial charge in [-0.1, -0.05) is 25.8 Å². The third-order valence-electron chi connectivity index (χ3n) is 2.54. The monoisotopic (exact) mass is 241 g/mol. The van der Waals surface area contributed by atoms with E-state index in [0.29, 0.717) is 6.54 Å². The van der Waals surface area contributed by atoms with Gasteiger partial charge in [0.1, 0.15) is 5.82 Å². The Morgan fingerprint density at radius 2 is 2.06 bits per heavy atom. The molecule has 90 valence electrons. The molecule has 0 aromatic heterocycles. The third kappa shape index (κ3) is 4.54. The van der Waals surface area contributed by atoms with Gasteiger partial charge in [-0.2, -0.15) is 11.8 Å². The fourth-order valence-corrected chi connectivity index (χ4v) is 2.61. The van der Waals surface area contributed by atoms with Crippen molar-refractivity contribution in [3.05, 3.63) is 35.1 Å². The van der Waals surface area contributed by atoms with Gasteiger partial charge in [-0.25, -0.2) is 4.39 Å². The van der Waals surface area contributed by atoms with E-state index in [1.165, 1.54) is 25.3 Å². The molecule has 3 heteroatoms. The number of halogens is 1. The van der Waals surface area contributed by atoms with E-state index >= 15 is 0 Å². The fraction of sp³-hybridized carbons (Fsp3) is 0.538. The Balaban J connectivity index is 2.42. The van der Waals surface area contributed by atoms with Gasteiger partial charge in [-0.05, 0) is 35.4 Å². The van der Waals surface area contributed by atoms with Crippen LogP contribution in [0.2, 0.25) is 0 Å². The Morgan fingerprint density at radius 3 is 2.75 bits per heavy atom. The molecule has 0 atom stereocenters. The van der Waals surface area contributed by atoms with E-state index in [4.69, 9.17) is 5.73 Å². The van der Waals surface area contributed by atoms with Crippen molar-refractivity contribution in [2.45, 2.75) is 38.5 Å². The summed E-state index contributed by atoms with van der Waals surface area (Å²) in [5.74, 6) is 1.85. The van der Waals surface area contributed by atoms with Crippen molar-refractivity contribution in [1.29, 1.82) is 0 Å². The van der Waals surface area contributed by atoms with Crippen molar-refractivity contribution in [2.75, 3.05) is 5.75 Å². The highest BCUT2D eigenvalue weighted by atomic mass is 32.2. The Kier molecular flexibility index (Phi) is 6.50. The number of hydrogen-bond donors (Lipinski definition) is 1. The minimum absolute atomic E-state index is 0.165. The summed E-state index contributed by atoms with van der Waals surface area (Å²) in [5.41, 5.74) is 7.73. The highest BCUT2D eigenvalue weighted by Gasteiger charge is 2.02. The molecule has 1 aromatic rings. The van der Waals surface area contributed by atoms with Gasteiger partial charge in [0, 0.05) is 12.3 Å². The van der Waals surface area contributed by atoms with Crippen LogP contribution in [-0.4, -0.2) is 5.75 Å². The smallest absolute Gasteiger partial charge is 0.123 e. The van der Waals surface area contributed by atoms with Crippen LogP contribution in [0.25, 0.3) is 0 Å². The number of hydrogen-bond acceptors (Lipinski definition) is 2. The van der Waals surface area contributed by atoms with Crippen LogP contribution in [0.5, 0.6) is 0 Å². The first-order valence-corrected chi connectivity index (χ1v) is 6.98. The summed E-state index contributed by atoms with van der Waals surface area (Å²) in [6.45, 7) is 2.69. The van der Waals surface area contributed by atoms with Crippen LogP contribution in [0.15, 0.2) is 18.2 Å². The van der Waals surface area contributed by atoms with E-state index in [1.807, 2.05) is 11.8 Å². The first-order chi connectivity index (χ1) is 7.77. The second-order valence-electron chi connectivity index (χ2n) is 3.88. The molecule has 0 aliphatic rings. The molecule has 0 amide bonds. The Morgan fingerprint density at radius 1 is 1.25 bits per heavy atom. The lowest BCUT2D eigenvalue weighted by Crippen LogP contribution is -2.01. The Bertz CT molecular complexity index is 315. The maximum atomic E-state index is 13.1. The highest BCUT2D eigenvalue weighted by Crippen LogP contribution is 2.19. The molecule has 16 heavy (non-hydrogen) atoms. The molecule has 0 aliphatic heterocycles. The van der Waals surface area contributed by atoms with E-state index in [2.05, 4.69) is 6.92 Å². The molecule has 2 N–H and O–H groups in total. The average Bonchev–Trinajstić information content (AvgIpc) is 2.29. The molecular weight excluding hydrogens is 221 g/mol. The maximum absolute atomic E-state index is 13.1. The molecule has 0 heterocycles. The van der Waals surface area contributed by atoms with Crippen LogP contribution in [0.4, 0.5) is 4.39 Å². The lowest BCUT2D eigenvalue weighted by atomic mass is 10.1. The first-order valence-electron chi connectivity index (χ1n) is 5.83. The quantitative estimate of drug-likeness (QED) is 0.736. The summed E-state index contributed by atoms with van der Waals surface area (Å²) in [7, 11) is 0. The first kappa shape index (κ1) is 13.5. The van der Waals surface area contributed by atoms with E-state index in [0.717, 1.165) is 22.6 Å². The predicted molar refractivity (Wildman–Crippen MR) is 70.0 cm³/mol. The van der Waals surface area contributed by atoms with E-state index in [-0.39, 0.29) is 5.82 Å². The highest BCUT2D eigenvalue weighted by molar-refractivity contribution is 7.98. The van der Waals surface area contributed by atoms with Gasteiger partial charge < -0.3 is 5.73 Å². The van der Waals surface area contributed by atoms with Crippen LogP contribution >= 0.6 is 11.8 Å². The third-order valence-corrected chi connectivity index (χ3v) is 3.63. The van der Waals surface area contributed by atoms with Crippen LogP contribution in [0.3, 0.4) is 0 Å². The molecule has 0 spiro atoms. The van der Waals surface area contributed by atoms with Crippen molar-refractivity contribution in [2.24, 2.45) is 5.73 Å². The van der Waals surface area contributed by atoms with Crippen molar-refractivity contribution in [3.8, 4) is 0 Å².